The average Bonchev–Trinajstić information content (AvgIpc) is 2.98. The average molecular weight is 277 g/mol. The second-order valence-corrected chi connectivity index (χ2v) is 5.29. The summed E-state index contributed by atoms with van der Waals surface area (Å²) >= 11 is 1.50. The molecule has 6 nitrogen and oxygen atoms in total. The SMILES string of the molecule is COc1cc(-c2nc3c(s2)CCC3C(=O)O)ncn1. The van der Waals surface area contributed by atoms with E-state index in [2.05, 4.69) is 15.0 Å². The number of carbonyl (C=O) groups is 1. The Morgan fingerprint density at radius 2 is 2.37 bits per heavy atom. The minimum atomic E-state index is -0.809. The minimum absolute atomic E-state index is 0.468. The molecule has 0 saturated heterocycles. The van der Waals surface area contributed by atoms with E-state index >= 15 is 0 Å². The van der Waals surface area contributed by atoms with Crippen molar-refractivity contribution in [2.75, 3.05) is 7.11 Å². The number of aliphatic carboxylic acids is 1. The maximum absolute atomic E-state index is 11.1. The molecule has 1 aliphatic carbocycles. The third-order valence-electron chi connectivity index (χ3n) is 3.09. The molecule has 0 amide bonds. The van der Waals surface area contributed by atoms with E-state index in [1.54, 1.807) is 6.07 Å². The lowest BCUT2D eigenvalue weighted by molar-refractivity contribution is -0.138. The number of carboxylic acid groups (broad SMARTS) is 1. The molecule has 3 rings (SSSR count). The predicted molar refractivity (Wildman–Crippen MR) is 68.4 cm³/mol. The molecule has 1 aliphatic rings. The largest absolute Gasteiger partial charge is 0.481 e. The second-order valence-electron chi connectivity index (χ2n) is 4.20. The van der Waals surface area contributed by atoms with E-state index in [9.17, 15) is 4.79 Å². The van der Waals surface area contributed by atoms with Crippen molar-refractivity contribution in [3.63, 3.8) is 0 Å². The van der Waals surface area contributed by atoms with Gasteiger partial charge in [-0.25, -0.2) is 15.0 Å². The third-order valence-corrected chi connectivity index (χ3v) is 4.24. The van der Waals surface area contributed by atoms with Crippen LogP contribution >= 0.6 is 11.3 Å². The van der Waals surface area contributed by atoms with Crippen molar-refractivity contribution in [1.82, 2.24) is 15.0 Å². The van der Waals surface area contributed by atoms with Gasteiger partial charge in [0, 0.05) is 10.9 Å². The molecule has 0 bridgehead atoms. The highest BCUT2D eigenvalue weighted by Crippen LogP contribution is 2.39. The van der Waals surface area contributed by atoms with Gasteiger partial charge in [-0.05, 0) is 12.8 Å². The van der Waals surface area contributed by atoms with Gasteiger partial charge in [-0.2, -0.15) is 0 Å². The van der Waals surface area contributed by atoms with Crippen LogP contribution < -0.4 is 4.74 Å². The molecule has 0 spiro atoms. The fourth-order valence-electron chi connectivity index (χ4n) is 2.15. The molecule has 98 valence electrons. The van der Waals surface area contributed by atoms with Crippen molar-refractivity contribution in [3.05, 3.63) is 23.0 Å². The first-order valence-electron chi connectivity index (χ1n) is 5.78. The number of carboxylic acids is 1. The minimum Gasteiger partial charge on any atom is -0.481 e. The molecular weight excluding hydrogens is 266 g/mol. The van der Waals surface area contributed by atoms with E-state index in [1.807, 2.05) is 0 Å². The number of hydrogen-bond donors (Lipinski definition) is 1. The Hall–Kier alpha value is -2.02. The highest BCUT2D eigenvalue weighted by atomic mass is 32.1. The zero-order valence-electron chi connectivity index (χ0n) is 10.2. The molecule has 1 N–H and O–H groups in total. The van der Waals surface area contributed by atoms with Crippen LogP contribution in [-0.4, -0.2) is 33.1 Å². The van der Waals surface area contributed by atoms with Gasteiger partial charge in [-0.1, -0.05) is 0 Å². The molecule has 2 aromatic rings. The van der Waals surface area contributed by atoms with Gasteiger partial charge in [-0.15, -0.1) is 11.3 Å². The molecule has 1 atom stereocenters. The highest BCUT2D eigenvalue weighted by Gasteiger charge is 2.32. The summed E-state index contributed by atoms with van der Waals surface area (Å²) in [5.41, 5.74) is 1.35. The number of aryl methyl sites for hydroxylation is 1. The number of nitrogens with zero attached hydrogens (tertiary/aromatic N) is 3. The van der Waals surface area contributed by atoms with Gasteiger partial charge in [0.1, 0.15) is 22.9 Å². The maximum Gasteiger partial charge on any atom is 0.312 e. The standard InChI is InChI=1S/C12H11N3O3S/c1-18-9-4-7(13-5-14-9)11-15-10-6(12(16)17)2-3-8(10)19-11/h4-6H,2-3H2,1H3,(H,16,17). The number of hydrogen-bond acceptors (Lipinski definition) is 6. The Morgan fingerprint density at radius 3 is 3.11 bits per heavy atom. The Labute approximate surface area is 113 Å². The summed E-state index contributed by atoms with van der Waals surface area (Å²) in [6.45, 7) is 0. The second kappa shape index (κ2) is 4.58. The Bertz CT molecular complexity index is 641. The summed E-state index contributed by atoms with van der Waals surface area (Å²) in [4.78, 5) is 24.7. The fraction of sp³-hybridized carbons (Fsp3) is 0.333. The molecule has 0 radical (unpaired) electrons. The highest BCUT2D eigenvalue weighted by molar-refractivity contribution is 7.15. The smallest absolute Gasteiger partial charge is 0.312 e. The Kier molecular flexibility index (Phi) is 2.90. The lowest BCUT2D eigenvalue weighted by Gasteiger charge is -2.02. The van der Waals surface area contributed by atoms with Crippen LogP contribution in [0.2, 0.25) is 0 Å². The van der Waals surface area contributed by atoms with Crippen molar-refractivity contribution < 1.29 is 14.6 Å². The molecule has 0 aliphatic heterocycles. The van der Waals surface area contributed by atoms with Gasteiger partial charge in [-0.3, -0.25) is 4.79 Å². The summed E-state index contributed by atoms with van der Waals surface area (Å²) in [6.07, 6.45) is 2.82. The Morgan fingerprint density at radius 1 is 1.53 bits per heavy atom. The zero-order valence-corrected chi connectivity index (χ0v) is 11.0. The molecule has 7 heteroatoms. The van der Waals surface area contributed by atoms with Crippen LogP contribution in [0.4, 0.5) is 0 Å². The Balaban J connectivity index is 1.99. The summed E-state index contributed by atoms with van der Waals surface area (Å²) in [7, 11) is 1.54. The molecule has 0 saturated carbocycles. The van der Waals surface area contributed by atoms with E-state index in [0.717, 1.165) is 16.3 Å². The van der Waals surface area contributed by atoms with Gasteiger partial charge >= 0.3 is 5.97 Å². The van der Waals surface area contributed by atoms with E-state index in [4.69, 9.17) is 9.84 Å². The van der Waals surface area contributed by atoms with Gasteiger partial charge in [0.2, 0.25) is 5.88 Å². The van der Waals surface area contributed by atoms with Crippen LogP contribution in [0.1, 0.15) is 22.9 Å². The van der Waals surface area contributed by atoms with E-state index in [1.165, 1.54) is 24.8 Å². The van der Waals surface area contributed by atoms with Gasteiger partial charge < -0.3 is 9.84 Å². The summed E-state index contributed by atoms with van der Waals surface area (Å²) in [6, 6.07) is 1.70. The quantitative estimate of drug-likeness (QED) is 0.919. The molecular formula is C12H11N3O3S. The number of fused-ring (bicyclic) bond motifs is 1. The maximum atomic E-state index is 11.1. The lowest BCUT2D eigenvalue weighted by Crippen LogP contribution is -2.08. The van der Waals surface area contributed by atoms with Crippen LogP contribution in [-0.2, 0) is 11.2 Å². The van der Waals surface area contributed by atoms with Crippen LogP contribution in [0.5, 0.6) is 5.88 Å². The summed E-state index contributed by atoms with van der Waals surface area (Å²) in [5.74, 6) is -0.824. The van der Waals surface area contributed by atoms with Crippen LogP contribution in [0.15, 0.2) is 12.4 Å². The molecule has 2 aromatic heterocycles. The van der Waals surface area contributed by atoms with Crippen LogP contribution in [0.25, 0.3) is 10.7 Å². The first-order chi connectivity index (χ1) is 9.19. The van der Waals surface area contributed by atoms with Gasteiger partial charge in [0.25, 0.3) is 0 Å². The van der Waals surface area contributed by atoms with Crippen molar-refractivity contribution in [1.29, 1.82) is 0 Å². The molecule has 0 fully saturated rings. The van der Waals surface area contributed by atoms with Crippen molar-refractivity contribution >= 4 is 17.3 Å². The van der Waals surface area contributed by atoms with Crippen molar-refractivity contribution in [2.45, 2.75) is 18.8 Å². The molecule has 0 aromatic carbocycles. The summed E-state index contributed by atoms with van der Waals surface area (Å²) in [5, 5.41) is 9.86. The number of methoxy groups -OCH3 is 1. The zero-order chi connectivity index (χ0) is 13.4. The van der Waals surface area contributed by atoms with Crippen LogP contribution in [0.3, 0.4) is 0 Å². The van der Waals surface area contributed by atoms with Gasteiger partial charge in [0.15, 0.2) is 0 Å². The molecule has 2 heterocycles. The number of rotatable bonds is 3. The fourth-order valence-corrected chi connectivity index (χ4v) is 3.25. The van der Waals surface area contributed by atoms with E-state index in [-0.39, 0.29) is 0 Å². The molecule has 19 heavy (non-hydrogen) atoms. The lowest BCUT2D eigenvalue weighted by atomic mass is 10.1. The van der Waals surface area contributed by atoms with E-state index < -0.39 is 11.9 Å². The van der Waals surface area contributed by atoms with E-state index in [0.29, 0.717) is 23.7 Å². The van der Waals surface area contributed by atoms with Gasteiger partial charge in [0.05, 0.1) is 12.8 Å². The normalized spacial score (nSPS) is 17.2. The number of thiazole rings is 1. The monoisotopic (exact) mass is 277 g/mol. The first-order valence-corrected chi connectivity index (χ1v) is 6.59. The number of aromatic nitrogens is 3. The van der Waals surface area contributed by atoms with Crippen molar-refractivity contribution in [2.24, 2.45) is 0 Å². The van der Waals surface area contributed by atoms with Crippen molar-refractivity contribution in [3.8, 4) is 16.6 Å². The third kappa shape index (κ3) is 2.06. The van der Waals surface area contributed by atoms with Crippen LogP contribution in [0, 0.1) is 0 Å². The molecule has 1 unspecified atom stereocenters. The topological polar surface area (TPSA) is 85.2 Å². The summed E-state index contributed by atoms with van der Waals surface area (Å²) < 4.78 is 5.04. The first kappa shape index (κ1) is 12.0. The number of ether oxygens (including phenoxy) is 1. The predicted octanol–water partition coefficient (Wildman–Crippen LogP) is 1.72.